The van der Waals surface area contributed by atoms with Crippen LogP contribution < -0.4 is 4.90 Å². The Morgan fingerprint density at radius 3 is 2.62 bits per heavy atom. The molecule has 0 aliphatic carbocycles. The van der Waals surface area contributed by atoms with Gasteiger partial charge < -0.3 is 10.0 Å². The molecule has 0 radical (unpaired) electrons. The smallest absolute Gasteiger partial charge is 0.128 e. The van der Waals surface area contributed by atoms with Crippen LogP contribution in [0.1, 0.15) is 57.4 Å². The normalized spacial score (nSPS) is 25.8. The SMILES string of the molecule is CCC[C@]1(CO)CCCN(c2ccc(CN3CCCCC3)cn2)C1. The topological polar surface area (TPSA) is 39.6 Å². The monoisotopic (exact) mass is 331 g/mol. The number of anilines is 1. The van der Waals surface area contributed by atoms with E-state index in [1.165, 1.54) is 37.9 Å². The Morgan fingerprint density at radius 2 is 1.96 bits per heavy atom. The molecular weight excluding hydrogens is 298 g/mol. The van der Waals surface area contributed by atoms with Crippen LogP contribution in [-0.2, 0) is 6.54 Å². The van der Waals surface area contributed by atoms with Crippen LogP contribution in [0.25, 0.3) is 0 Å². The molecule has 1 aromatic heterocycles. The third kappa shape index (κ3) is 4.28. The Balaban J connectivity index is 1.62. The number of hydrogen-bond acceptors (Lipinski definition) is 4. The zero-order valence-electron chi connectivity index (χ0n) is 15.2. The molecule has 1 aromatic rings. The third-order valence-electron chi connectivity index (χ3n) is 5.77. The van der Waals surface area contributed by atoms with E-state index in [2.05, 4.69) is 35.1 Å². The molecule has 1 atom stereocenters. The summed E-state index contributed by atoms with van der Waals surface area (Å²) in [5.74, 6) is 1.08. The zero-order valence-corrected chi connectivity index (χ0v) is 15.2. The summed E-state index contributed by atoms with van der Waals surface area (Å²) in [5.41, 5.74) is 1.39. The van der Waals surface area contributed by atoms with Gasteiger partial charge in [-0.2, -0.15) is 0 Å². The molecule has 4 nitrogen and oxygen atoms in total. The number of aliphatic hydroxyl groups is 1. The lowest BCUT2D eigenvalue weighted by Gasteiger charge is -2.42. The average Bonchev–Trinajstić information content (AvgIpc) is 2.64. The van der Waals surface area contributed by atoms with Crippen molar-refractivity contribution in [2.24, 2.45) is 5.41 Å². The number of piperidine rings is 2. The number of likely N-dealkylation sites (tertiary alicyclic amines) is 1. The van der Waals surface area contributed by atoms with E-state index in [0.29, 0.717) is 6.61 Å². The predicted molar refractivity (Wildman–Crippen MR) is 99.2 cm³/mol. The summed E-state index contributed by atoms with van der Waals surface area (Å²) in [7, 11) is 0. The van der Waals surface area contributed by atoms with Crippen molar-refractivity contribution in [2.45, 2.75) is 58.4 Å². The summed E-state index contributed by atoms with van der Waals surface area (Å²) in [6.45, 7) is 7.99. The van der Waals surface area contributed by atoms with Gasteiger partial charge in [-0.05, 0) is 56.8 Å². The highest BCUT2D eigenvalue weighted by Gasteiger charge is 2.34. The number of aromatic nitrogens is 1. The van der Waals surface area contributed by atoms with Gasteiger partial charge in [-0.15, -0.1) is 0 Å². The van der Waals surface area contributed by atoms with Gasteiger partial charge in [0.05, 0.1) is 6.61 Å². The summed E-state index contributed by atoms with van der Waals surface area (Å²) < 4.78 is 0. The van der Waals surface area contributed by atoms with Crippen LogP contribution in [-0.4, -0.2) is 47.8 Å². The third-order valence-corrected chi connectivity index (χ3v) is 5.77. The first-order valence-corrected chi connectivity index (χ1v) is 9.78. The van der Waals surface area contributed by atoms with Crippen molar-refractivity contribution >= 4 is 5.82 Å². The van der Waals surface area contributed by atoms with E-state index in [1.807, 2.05) is 0 Å². The van der Waals surface area contributed by atoms with Crippen molar-refractivity contribution < 1.29 is 5.11 Å². The summed E-state index contributed by atoms with van der Waals surface area (Å²) in [4.78, 5) is 9.66. The summed E-state index contributed by atoms with van der Waals surface area (Å²) in [5, 5.41) is 9.91. The van der Waals surface area contributed by atoms with Gasteiger partial charge in [-0.25, -0.2) is 4.98 Å². The van der Waals surface area contributed by atoms with Crippen molar-refractivity contribution in [3.63, 3.8) is 0 Å². The maximum Gasteiger partial charge on any atom is 0.128 e. The number of hydrogen-bond donors (Lipinski definition) is 1. The second-order valence-corrected chi connectivity index (χ2v) is 7.79. The van der Waals surface area contributed by atoms with Crippen LogP contribution in [0.15, 0.2) is 18.3 Å². The Hall–Kier alpha value is -1.13. The molecule has 134 valence electrons. The minimum Gasteiger partial charge on any atom is -0.396 e. The lowest BCUT2D eigenvalue weighted by Crippen LogP contribution is -2.45. The molecule has 2 saturated heterocycles. The average molecular weight is 332 g/mol. The second kappa shape index (κ2) is 8.30. The van der Waals surface area contributed by atoms with Crippen LogP contribution in [0.3, 0.4) is 0 Å². The van der Waals surface area contributed by atoms with Gasteiger partial charge in [0.25, 0.3) is 0 Å². The fourth-order valence-corrected chi connectivity index (χ4v) is 4.42. The Labute approximate surface area is 146 Å². The first-order chi connectivity index (χ1) is 11.7. The molecule has 2 aliphatic heterocycles. The van der Waals surface area contributed by atoms with Gasteiger partial charge in [0.2, 0.25) is 0 Å². The molecule has 0 unspecified atom stereocenters. The van der Waals surface area contributed by atoms with E-state index in [-0.39, 0.29) is 5.41 Å². The van der Waals surface area contributed by atoms with Crippen molar-refractivity contribution in [1.82, 2.24) is 9.88 Å². The predicted octanol–water partition coefficient (Wildman–Crippen LogP) is 3.45. The highest BCUT2D eigenvalue weighted by molar-refractivity contribution is 5.40. The molecule has 4 heteroatoms. The first kappa shape index (κ1) is 17.7. The number of aliphatic hydroxyl groups excluding tert-OH is 1. The summed E-state index contributed by atoms with van der Waals surface area (Å²) >= 11 is 0. The Morgan fingerprint density at radius 1 is 1.12 bits per heavy atom. The van der Waals surface area contributed by atoms with Crippen molar-refractivity contribution in [1.29, 1.82) is 0 Å². The molecule has 0 aromatic carbocycles. The number of nitrogens with zero attached hydrogens (tertiary/aromatic N) is 3. The van der Waals surface area contributed by atoms with E-state index in [4.69, 9.17) is 4.98 Å². The molecule has 3 heterocycles. The molecule has 0 saturated carbocycles. The minimum atomic E-state index is 0.0706. The molecule has 0 spiro atoms. The van der Waals surface area contributed by atoms with Crippen LogP contribution in [0.2, 0.25) is 0 Å². The number of rotatable bonds is 6. The molecule has 2 aliphatic rings. The van der Waals surface area contributed by atoms with E-state index in [0.717, 1.165) is 51.1 Å². The molecule has 24 heavy (non-hydrogen) atoms. The van der Waals surface area contributed by atoms with Gasteiger partial charge in [-0.1, -0.05) is 25.8 Å². The highest BCUT2D eigenvalue weighted by Crippen LogP contribution is 2.35. The lowest BCUT2D eigenvalue weighted by atomic mass is 9.77. The van der Waals surface area contributed by atoms with Crippen LogP contribution >= 0.6 is 0 Å². The number of pyridine rings is 1. The fourth-order valence-electron chi connectivity index (χ4n) is 4.42. The second-order valence-electron chi connectivity index (χ2n) is 7.79. The van der Waals surface area contributed by atoms with Crippen molar-refractivity contribution in [2.75, 3.05) is 37.7 Å². The molecule has 3 rings (SSSR count). The van der Waals surface area contributed by atoms with Crippen molar-refractivity contribution in [3.8, 4) is 0 Å². The maximum absolute atomic E-state index is 9.91. The fraction of sp³-hybridized carbons (Fsp3) is 0.750. The van der Waals surface area contributed by atoms with Gasteiger partial charge in [-0.3, -0.25) is 4.90 Å². The molecule has 0 bridgehead atoms. The Bertz CT molecular complexity index is 494. The molecule has 2 fully saturated rings. The largest absolute Gasteiger partial charge is 0.396 e. The molecule has 1 N–H and O–H groups in total. The first-order valence-electron chi connectivity index (χ1n) is 9.78. The molecular formula is C20H33N3O. The van der Waals surface area contributed by atoms with Crippen LogP contribution in [0.5, 0.6) is 0 Å². The van der Waals surface area contributed by atoms with Crippen LogP contribution in [0.4, 0.5) is 5.82 Å². The highest BCUT2D eigenvalue weighted by atomic mass is 16.3. The summed E-state index contributed by atoms with van der Waals surface area (Å²) in [6.07, 6.45) is 10.6. The van der Waals surface area contributed by atoms with Gasteiger partial charge in [0.1, 0.15) is 5.82 Å². The van der Waals surface area contributed by atoms with E-state index < -0.39 is 0 Å². The summed E-state index contributed by atoms with van der Waals surface area (Å²) in [6, 6.07) is 4.42. The lowest BCUT2D eigenvalue weighted by molar-refractivity contribution is 0.0952. The maximum atomic E-state index is 9.91. The Kier molecular flexibility index (Phi) is 6.12. The van der Waals surface area contributed by atoms with E-state index >= 15 is 0 Å². The van der Waals surface area contributed by atoms with Gasteiger partial charge in [0.15, 0.2) is 0 Å². The zero-order chi connectivity index (χ0) is 16.8. The molecule has 0 amide bonds. The quantitative estimate of drug-likeness (QED) is 0.867. The van der Waals surface area contributed by atoms with Gasteiger partial charge >= 0.3 is 0 Å². The van der Waals surface area contributed by atoms with Crippen molar-refractivity contribution in [3.05, 3.63) is 23.9 Å². The van der Waals surface area contributed by atoms with Gasteiger partial charge in [0, 0.05) is 31.2 Å². The minimum absolute atomic E-state index is 0.0706. The van der Waals surface area contributed by atoms with E-state index in [1.54, 1.807) is 0 Å². The standard InChI is InChI=1S/C20H33N3O/c1-2-9-20(17-24)10-6-13-23(16-20)19-8-7-18(14-21-19)15-22-11-4-3-5-12-22/h7-8,14,24H,2-6,9-13,15-17H2,1H3/t20-/m0/s1. The van der Waals surface area contributed by atoms with E-state index in [9.17, 15) is 5.11 Å². The van der Waals surface area contributed by atoms with Crippen LogP contribution in [0, 0.1) is 5.41 Å².